The normalized spacial score (nSPS) is 11.2. The third-order valence-corrected chi connectivity index (χ3v) is 2.62. The first-order chi connectivity index (χ1) is 5.79. The Balaban J connectivity index is 2.73. The Kier molecular flexibility index (Phi) is 1.81. The minimum absolute atomic E-state index is 0.477. The van der Waals surface area contributed by atoms with Gasteiger partial charge in [0.15, 0.2) is 0 Å². The second-order valence-corrected chi connectivity index (χ2v) is 3.92. The molecular weight excluding hydrogens is 168 g/mol. The Labute approximate surface area is 75.4 Å². The molecule has 2 nitrogen and oxygen atoms in total. The molecule has 0 unspecified atom stereocenters. The van der Waals surface area contributed by atoms with Crippen molar-refractivity contribution in [1.29, 1.82) is 0 Å². The Morgan fingerprint density at radius 3 is 3.00 bits per heavy atom. The van der Waals surface area contributed by atoms with Gasteiger partial charge in [-0.05, 0) is 23.5 Å². The molecule has 0 aromatic carbocycles. The second-order valence-electron chi connectivity index (χ2n) is 3.09. The molecule has 2 aromatic heterocycles. The summed E-state index contributed by atoms with van der Waals surface area (Å²) in [7, 11) is 0. The zero-order chi connectivity index (χ0) is 8.55. The predicted molar refractivity (Wildman–Crippen MR) is 51.5 cm³/mol. The van der Waals surface area contributed by atoms with E-state index in [9.17, 15) is 0 Å². The summed E-state index contributed by atoms with van der Waals surface area (Å²) in [5.74, 6) is 0.477. The van der Waals surface area contributed by atoms with Crippen LogP contribution >= 0.6 is 11.5 Å². The van der Waals surface area contributed by atoms with Crippen molar-refractivity contribution in [1.82, 2.24) is 9.36 Å². The maximum atomic E-state index is 4.35. The van der Waals surface area contributed by atoms with Crippen molar-refractivity contribution < 1.29 is 0 Å². The maximum Gasteiger partial charge on any atom is 0.0583 e. The topological polar surface area (TPSA) is 25.8 Å². The van der Waals surface area contributed by atoms with Crippen LogP contribution in [0.5, 0.6) is 0 Å². The van der Waals surface area contributed by atoms with Gasteiger partial charge in [0.1, 0.15) is 0 Å². The van der Waals surface area contributed by atoms with E-state index in [1.807, 2.05) is 18.5 Å². The lowest BCUT2D eigenvalue weighted by atomic mass is 10.1. The fourth-order valence-electron chi connectivity index (χ4n) is 1.28. The van der Waals surface area contributed by atoms with E-state index >= 15 is 0 Å². The first-order valence-corrected chi connectivity index (χ1v) is 4.75. The number of hydrogen-bond acceptors (Lipinski definition) is 3. The summed E-state index contributed by atoms with van der Waals surface area (Å²) in [4.78, 5) is 4.35. The number of fused-ring (bicyclic) bond motifs is 1. The summed E-state index contributed by atoms with van der Waals surface area (Å²) in [5.41, 5.74) is 1.15. The average Bonchev–Trinajstić information content (AvgIpc) is 2.49. The lowest BCUT2D eigenvalue weighted by molar-refractivity contribution is 0.835. The van der Waals surface area contributed by atoms with Crippen LogP contribution in [0.3, 0.4) is 0 Å². The molecule has 12 heavy (non-hydrogen) atoms. The van der Waals surface area contributed by atoms with E-state index < -0.39 is 0 Å². The van der Waals surface area contributed by atoms with E-state index in [1.165, 1.54) is 21.6 Å². The minimum atomic E-state index is 0.477. The monoisotopic (exact) mass is 178 g/mol. The summed E-state index contributed by atoms with van der Waals surface area (Å²) >= 11 is 1.53. The van der Waals surface area contributed by atoms with Crippen molar-refractivity contribution >= 4 is 21.6 Å². The lowest BCUT2D eigenvalue weighted by Gasteiger charge is -2.03. The van der Waals surface area contributed by atoms with Gasteiger partial charge in [0.25, 0.3) is 0 Å². The molecule has 0 aliphatic heterocycles. The van der Waals surface area contributed by atoms with Crippen LogP contribution in [0, 0.1) is 0 Å². The van der Waals surface area contributed by atoms with Crippen LogP contribution in [-0.4, -0.2) is 9.36 Å². The molecule has 2 aromatic rings. The van der Waals surface area contributed by atoms with E-state index in [0.29, 0.717) is 5.92 Å². The molecule has 0 aliphatic rings. The second kappa shape index (κ2) is 2.83. The smallest absolute Gasteiger partial charge is 0.0583 e. The van der Waals surface area contributed by atoms with Gasteiger partial charge < -0.3 is 0 Å². The first kappa shape index (κ1) is 7.68. The summed E-state index contributed by atoms with van der Waals surface area (Å²) < 4.78 is 5.38. The van der Waals surface area contributed by atoms with Crippen LogP contribution in [-0.2, 0) is 0 Å². The highest BCUT2D eigenvalue weighted by molar-refractivity contribution is 7.13. The Morgan fingerprint density at radius 2 is 2.25 bits per heavy atom. The fourth-order valence-corrected chi connectivity index (χ4v) is 1.93. The molecule has 0 spiro atoms. The standard InChI is InChI=1S/C9H10N2S/c1-6(2)9-7-5-11-12-8(7)3-4-10-9/h3-6H,1-2H3. The van der Waals surface area contributed by atoms with Gasteiger partial charge >= 0.3 is 0 Å². The van der Waals surface area contributed by atoms with E-state index in [2.05, 4.69) is 23.2 Å². The van der Waals surface area contributed by atoms with E-state index in [1.54, 1.807) is 0 Å². The van der Waals surface area contributed by atoms with Crippen LogP contribution in [0.1, 0.15) is 25.5 Å². The van der Waals surface area contributed by atoms with Crippen molar-refractivity contribution in [3.63, 3.8) is 0 Å². The number of aromatic nitrogens is 2. The van der Waals surface area contributed by atoms with Crippen LogP contribution in [0.2, 0.25) is 0 Å². The molecule has 0 aliphatic carbocycles. The van der Waals surface area contributed by atoms with E-state index in [-0.39, 0.29) is 0 Å². The van der Waals surface area contributed by atoms with Crippen molar-refractivity contribution in [2.75, 3.05) is 0 Å². The molecule has 0 radical (unpaired) electrons. The molecular formula is C9H10N2S. The van der Waals surface area contributed by atoms with Gasteiger partial charge in [0, 0.05) is 11.6 Å². The molecule has 0 bridgehead atoms. The number of nitrogens with zero attached hydrogens (tertiary/aromatic N) is 2. The summed E-state index contributed by atoms with van der Waals surface area (Å²) in [6.45, 7) is 4.30. The van der Waals surface area contributed by atoms with Gasteiger partial charge in [-0.3, -0.25) is 4.98 Å². The molecule has 2 heterocycles. The molecule has 0 N–H and O–H groups in total. The molecule has 0 amide bonds. The predicted octanol–water partition coefficient (Wildman–Crippen LogP) is 2.81. The average molecular weight is 178 g/mol. The zero-order valence-corrected chi connectivity index (χ0v) is 7.93. The summed E-state index contributed by atoms with van der Waals surface area (Å²) in [6.07, 6.45) is 3.76. The van der Waals surface area contributed by atoms with Gasteiger partial charge in [-0.1, -0.05) is 13.8 Å². The molecule has 2 rings (SSSR count). The van der Waals surface area contributed by atoms with Crippen LogP contribution in [0.4, 0.5) is 0 Å². The molecule has 0 saturated carbocycles. The van der Waals surface area contributed by atoms with E-state index in [0.717, 1.165) is 5.69 Å². The molecule has 62 valence electrons. The number of hydrogen-bond donors (Lipinski definition) is 0. The Hall–Kier alpha value is -0.960. The zero-order valence-electron chi connectivity index (χ0n) is 7.11. The quantitative estimate of drug-likeness (QED) is 0.671. The van der Waals surface area contributed by atoms with Crippen molar-refractivity contribution in [2.45, 2.75) is 19.8 Å². The Bertz CT molecular complexity index is 392. The van der Waals surface area contributed by atoms with Crippen molar-refractivity contribution in [2.24, 2.45) is 0 Å². The van der Waals surface area contributed by atoms with Crippen molar-refractivity contribution in [3.05, 3.63) is 24.2 Å². The molecule has 3 heteroatoms. The largest absolute Gasteiger partial charge is 0.260 e. The fraction of sp³-hybridized carbons (Fsp3) is 0.333. The van der Waals surface area contributed by atoms with Crippen LogP contribution in [0.25, 0.3) is 10.1 Å². The minimum Gasteiger partial charge on any atom is -0.260 e. The number of pyridine rings is 1. The first-order valence-electron chi connectivity index (χ1n) is 3.98. The molecule has 0 atom stereocenters. The van der Waals surface area contributed by atoms with Gasteiger partial charge in [-0.15, -0.1) is 0 Å². The summed E-state index contributed by atoms with van der Waals surface area (Å²) in [6, 6.07) is 2.01. The number of rotatable bonds is 1. The van der Waals surface area contributed by atoms with Gasteiger partial charge in [0.05, 0.1) is 16.6 Å². The third kappa shape index (κ3) is 1.10. The highest BCUT2D eigenvalue weighted by atomic mass is 32.1. The summed E-state index contributed by atoms with van der Waals surface area (Å²) in [5, 5.41) is 1.21. The highest BCUT2D eigenvalue weighted by Gasteiger charge is 2.06. The van der Waals surface area contributed by atoms with Gasteiger partial charge in [-0.25, -0.2) is 0 Å². The van der Waals surface area contributed by atoms with Crippen LogP contribution in [0.15, 0.2) is 18.5 Å². The van der Waals surface area contributed by atoms with E-state index in [4.69, 9.17) is 0 Å². The van der Waals surface area contributed by atoms with Gasteiger partial charge in [0.2, 0.25) is 0 Å². The third-order valence-electron chi connectivity index (χ3n) is 1.86. The maximum absolute atomic E-state index is 4.35. The van der Waals surface area contributed by atoms with Crippen molar-refractivity contribution in [3.8, 4) is 0 Å². The van der Waals surface area contributed by atoms with Crippen LogP contribution < -0.4 is 0 Å². The highest BCUT2D eigenvalue weighted by Crippen LogP contribution is 2.24. The SMILES string of the molecule is CC(C)c1nccc2sncc12. The van der Waals surface area contributed by atoms with Gasteiger partial charge in [-0.2, -0.15) is 4.37 Å². The molecule has 0 saturated heterocycles. The Morgan fingerprint density at radius 1 is 1.42 bits per heavy atom. The molecule has 0 fully saturated rings. The lowest BCUT2D eigenvalue weighted by Crippen LogP contribution is -1.91.